The predicted molar refractivity (Wildman–Crippen MR) is 143 cm³/mol. The molecular weight excluding hydrogens is 498 g/mol. The smallest absolute Gasteiger partial charge is 0.257 e. The van der Waals surface area contributed by atoms with Gasteiger partial charge in [-0.25, -0.2) is 0 Å². The molecule has 0 bridgehead atoms. The molecule has 2 aromatic carbocycles. The summed E-state index contributed by atoms with van der Waals surface area (Å²) >= 11 is 7.40. The predicted octanol–water partition coefficient (Wildman–Crippen LogP) is 3.84. The number of benzene rings is 2. The molecule has 0 radical (unpaired) electrons. The number of carbonyl (C=O) groups excluding carboxylic acids is 1. The van der Waals surface area contributed by atoms with Crippen LogP contribution in [0.2, 0.25) is 5.02 Å². The third kappa shape index (κ3) is 6.03. The van der Waals surface area contributed by atoms with E-state index in [1.807, 2.05) is 49.3 Å². The van der Waals surface area contributed by atoms with Gasteiger partial charge in [0.2, 0.25) is 5.43 Å². The molecule has 1 amide bonds. The summed E-state index contributed by atoms with van der Waals surface area (Å²) in [5, 5.41) is 23.7. The van der Waals surface area contributed by atoms with Gasteiger partial charge in [0.15, 0.2) is 0 Å². The van der Waals surface area contributed by atoms with Crippen LogP contribution in [0.1, 0.15) is 38.0 Å². The quantitative estimate of drug-likeness (QED) is 0.309. The van der Waals surface area contributed by atoms with E-state index in [0.29, 0.717) is 30.0 Å². The van der Waals surface area contributed by atoms with Crippen LogP contribution in [0.5, 0.6) is 0 Å². The zero-order valence-electron chi connectivity index (χ0n) is 20.1. The van der Waals surface area contributed by atoms with Crippen molar-refractivity contribution in [3.8, 4) is 0 Å². The minimum absolute atomic E-state index is 0.0347. The van der Waals surface area contributed by atoms with Gasteiger partial charge in [0.25, 0.3) is 5.91 Å². The number of rotatable bonds is 9. The molecule has 188 valence electrons. The van der Waals surface area contributed by atoms with Crippen LogP contribution in [0.3, 0.4) is 0 Å². The summed E-state index contributed by atoms with van der Waals surface area (Å²) < 4.78 is 1.81. The highest BCUT2D eigenvalue weighted by molar-refractivity contribution is 7.18. The number of fused-ring (bicyclic) bond motifs is 1. The average molecular weight is 526 g/mol. The van der Waals surface area contributed by atoms with Crippen LogP contribution in [0.15, 0.2) is 65.6 Å². The molecule has 1 atom stereocenters. The third-order valence-corrected chi connectivity index (χ3v) is 7.43. The summed E-state index contributed by atoms with van der Waals surface area (Å²) in [6, 6.07) is 16.2. The largest absolute Gasteiger partial charge is 0.392 e. The zero-order valence-corrected chi connectivity index (χ0v) is 21.6. The van der Waals surface area contributed by atoms with Crippen molar-refractivity contribution in [2.45, 2.75) is 25.8 Å². The number of aryl methyl sites for hydroxylation is 1. The molecule has 36 heavy (non-hydrogen) atoms. The lowest BCUT2D eigenvalue weighted by molar-refractivity contribution is 0.0949. The number of likely N-dealkylation sites (N-methyl/N-ethyl adjacent to an activating group) is 1. The van der Waals surface area contributed by atoms with Gasteiger partial charge in [-0.1, -0.05) is 48.0 Å². The summed E-state index contributed by atoms with van der Waals surface area (Å²) in [5.41, 5.74) is 2.25. The van der Waals surface area contributed by atoms with E-state index in [1.54, 1.807) is 35.0 Å². The van der Waals surface area contributed by atoms with Crippen LogP contribution in [0.25, 0.3) is 10.2 Å². The second kappa shape index (κ2) is 11.4. The molecule has 0 aliphatic rings. The molecule has 0 aliphatic heterocycles. The summed E-state index contributed by atoms with van der Waals surface area (Å²) in [6.45, 7) is 1.21. The van der Waals surface area contributed by atoms with Crippen molar-refractivity contribution in [2.75, 3.05) is 13.6 Å². The number of halogens is 1. The first kappa shape index (κ1) is 26.1. The number of pyridine rings is 1. The molecule has 0 spiro atoms. The number of hydrogen-bond donors (Lipinski definition) is 3. The van der Waals surface area contributed by atoms with E-state index in [9.17, 15) is 19.8 Å². The van der Waals surface area contributed by atoms with Gasteiger partial charge in [-0.05, 0) is 41.9 Å². The van der Waals surface area contributed by atoms with Crippen molar-refractivity contribution in [3.63, 3.8) is 0 Å². The Morgan fingerprint density at radius 3 is 2.47 bits per heavy atom. The Morgan fingerprint density at radius 2 is 1.81 bits per heavy atom. The maximum absolute atomic E-state index is 13.1. The van der Waals surface area contributed by atoms with Gasteiger partial charge in [-0.3, -0.25) is 14.5 Å². The van der Waals surface area contributed by atoms with Crippen molar-refractivity contribution >= 4 is 39.1 Å². The first-order valence-corrected chi connectivity index (χ1v) is 12.7. The molecule has 0 aliphatic carbocycles. The van der Waals surface area contributed by atoms with E-state index in [0.717, 1.165) is 26.4 Å². The second-order valence-corrected chi connectivity index (χ2v) is 10.4. The number of aliphatic hydroxyl groups is 2. The lowest BCUT2D eigenvalue weighted by atomic mass is 10.1. The van der Waals surface area contributed by atoms with E-state index in [4.69, 9.17) is 11.6 Å². The Kier molecular flexibility index (Phi) is 8.23. The standard InChI is InChI=1S/C27H28ClN3O4S/c1-30(15-24(33)19-7-3-18(16-32)4-8-19)13-21-11-22-25(34)23(14-31(2)27(22)36-21)26(35)29-12-17-5-9-20(28)10-6-17/h3-11,14,24,32-33H,12-13,15-16H2,1-2H3,(H,29,35)/t24-/m0/s1. The monoisotopic (exact) mass is 525 g/mol. The van der Waals surface area contributed by atoms with Crippen LogP contribution in [-0.2, 0) is 26.7 Å². The molecule has 0 saturated carbocycles. The number of nitrogens with one attached hydrogen (secondary N) is 1. The Morgan fingerprint density at radius 1 is 1.14 bits per heavy atom. The number of thiophene rings is 1. The van der Waals surface area contributed by atoms with Crippen molar-refractivity contribution < 1.29 is 15.0 Å². The molecule has 0 fully saturated rings. The fraction of sp³-hybridized carbons (Fsp3) is 0.259. The second-order valence-electron chi connectivity index (χ2n) is 8.84. The van der Waals surface area contributed by atoms with Gasteiger partial charge >= 0.3 is 0 Å². The van der Waals surface area contributed by atoms with Gasteiger partial charge < -0.3 is 20.1 Å². The third-order valence-electron chi connectivity index (χ3n) is 5.96. The zero-order chi connectivity index (χ0) is 25.8. The SMILES string of the molecule is CN(Cc1cc2c(=O)c(C(=O)NCc3ccc(Cl)cc3)cn(C)c2s1)C[C@H](O)c1ccc(CO)cc1. The van der Waals surface area contributed by atoms with Gasteiger partial charge in [0, 0.05) is 42.8 Å². The van der Waals surface area contributed by atoms with Crippen LogP contribution in [0.4, 0.5) is 0 Å². The summed E-state index contributed by atoms with van der Waals surface area (Å²) in [4.78, 5) is 29.7. The summed E-state index contributed by atoms with van der Waals surface area (Å²) in [5.74, 6) is -0.423. The molecule has 2 heterocycles. The molecule has 0 saturated heterocycles. The summed E-state index contributed by atoms with van der Waals surface area (Å²) in [7, 11) is 3.73. The number of aromatic nitrogens is 1. The van der Waals surface area contributed by atoms with Gasteiger partial charge in [-0.15, -0.1) is 11.3 Å². The highest BCUT2D eigenvalue weighted by Crippen LogP contribution is 2.25. The van der Waals surface area contributed by atoms with Crippen molar-refractivity contribution in [3.05, 3.63) is 103 Å². The van der Waals surface area contributed by atoms with Crippen LogP contribution in [0, 0.1) is 0 Å². The first-order chi connectivity index (χ1) is 17.2. The van der Waals surface area contributed by atoms with E-state index in [1.165, 1.54) is 11.3 Å². The number of aliphatic hydroxyl groups excluding tert-OH is 2. The molecule has 4 rings (SSSR count). The normalized spacial score (nSPS) is 12.3. The first-order valence-electron chi connectivity index (χ1n) is 11.5. The van der Waals surface area contributed by atoms with E-state index < -0.39 is 12.0 Å². The maximum Gasteiger partial charge on any atom is 0.257 e. The van der Waals surface area contributed by atoms with E-state index >= 15 is 0 Å². The Bertz CT molecular complexity index is 1410. The number of carbonyl (C=O) groups is 1. The molecule has 3 N–H and O–H groups in total. The minimum atomic E-state index is -0.681. The highest BCUT2D eigenvalue weighted by atomic mass is 35.5. The number of hydrogen-bond acceptors (Lipinski definition) is 6. The van der Waals surface area contributed by atoms with Gasteiger partial charge in [0.1, 0.15) is 10.4 Å². The fourth-order valence-corrected chi connectivity index (χ4v) is 5.30. The molecular formula is C27H28ClN3O4S. The molecule has 9 heteroatoms. The van der Waals surface area contributed by atoms with Crippen LogP contribution < -0.4 is 10.7 Å². The highest BCUT2D eigenvalue weighted by Gasteiger charge is 2.18. The van der Waals surface area contributed by atoms with Crippen LogP contribution >= 0.6 is 22.9 Å². The Balaban J connectivity index is 1.46. The molecule has 2 aromatic heterocycles. The number of amides is 1. The summed E-state index contributed by atoms with van der Waals surface area (Å²) in [6.07, 6.45) is 0.894. The Hall–Kier alpha value is -3.01. The number of nitrogens with zero attached hydrogens (tertiary/aromatic N) is 2. The minimum Gasteiger partial charge on any atom is -0.392 e. The van der Waals surface area contributed by atoms with Gasteiger partial charge in [0.05, 0.1) is 18.1 Å². The van der Waals surface area contributed by atoms with Crippen molar-refractivity contribution in [1.82, 2.24) is 14.8 Å². The lowest BCUT2D eigenvalue weighted by Gasteiger charge is -2.20. The van der Waals surface area contributed by atoms with Crippen molar-refractivity contribution in [1.29, 1.82) is 0 Å². The lowest BCUT2D eigenvalue weighted by Crippen LogP contribution is -2.29. The fourth-order valence-electron chi connectivity index (χ4n) is 4.01. The van der Waals surface area contributed by atoms with E-state index in [-0.39, 0.29) is 17.6 Å². The molecule has 4 aromatic rings. The van der Waals surface area contributed by atoms with E-state index in [2.05, 4.69) is 5.32 Å². The van der Waals surface area contributed by atoms with Gasteiger partial charge in [-0.2, -0.15) is 0 Å². The maximum atomic E-state index is 13.1. The molecule has 7 nitrogen and oxygen atoms in total. The molecule has 0 unspecified atom stereocenters. The average Bonchev–Trinajstić information content (AvgIpc) is 3.30. The Labute approximate surface area is 218 Å². The van der Waals surface area contributed by atoms with Crippen molar-refractivity contribution in [2.24, 2.45) is 7.05 Å². The van der Waals surface area contributed by atoms with Crippen LogP contribution in [-0.4, -0.2) is 39.2 Å². The topological polar surface area (TPSA) is 94.8 Å².